The molecule has 122 valence electrons. The van der Waals surface area contributed by atoms with Crippen LogP contribution >= 0.6 is 11.3 Å². The number of amides is 1. The Morgan fingerprint density at radius 3 is 2.68 bits per heavy atom. The number of fused-ring (bicyclic) bond motifs is 1. The topological polar surface area (TPSA) is 54.9 Å². The maximum atomic E-state index is 12.8. The first-order valence-electron chi connectivity index (χ1n) is 7.92. The minimum Gasteiger partial charge on any atom is -0.348 e. The Hall–Kier alpha value is -3.05. The van der Waals surface area contributed by atoms with Gasteiger partial charge in [0.15, 0.2) is 0 Å². The summed E-state index contributed by atoms with van der Waals surface area (Å²) in [5, 5.41) is 5.85. The summed E-state index contributed by atoms with van der Waals surface area (Å²) in [6.45, 7) is 0.465. The number of para-hydroxylation sites is 1. The Morgan fingerprint density at radius 1 is 1.04 bits per heavy atom. The molecule has 3 heterocycles. The van der Waals surface area contributed by atoms with Crippen molar-refractivity contribution in [1.29, 1.82) is 0 Å². The van der Waals surface area contributed by atoms with Gasteiger partial charge in [-0.05, 0) is 41.3 Å². The summed E-state index contributed by atoms with van der Waals surface area (Å²) < 4.78 is 0. The second-order valence-electron chi connectivity index (χ2n) is 5.59. The molecule has 4 rings (SSSR count). The number of carbonyl (C=O) groups is 1. The lowest BCUT2D eigenvalue weighted by Gasteiger charge is -2.10. The van der Waals surface area contributed by atoms with Gasteiger partial charge in [-0.3, -0.25) is 9.78 Å². The van der Waals surface area contributed by atoms with Crippen molar-refractivity contribution < 1.29 is 4.79 Å². The molecule has 1 N–H and O–H groups in total. The van der Waals surface area contributed by atoms with Gasteiger partial charge in [0.25, 0.3) is 5.91 Å². The number of hydrogen-bond donors (Lipinski definition) is 1. The molecule has 0 saturated heterocycles. The van der Waals surface area contributed by atoms with Crippen LogP contribution in [0.5, 0.6) is 0 Å². The Balaban J connectivity index is 1.71. The summed E-state index contributed by atoms with van der Waals surface area (Å²) in [5.41, 5.74) is 3.30. The van der Waals surface area contributed by atoms with Crippen molar-refractivity contribution in [3.05, 3.63) is 83.5 Å². The van der Waals surface area contributed by atoms with Crippen LogP contribution in [0.3, 0.4) is 0 Å². The zero-order valence-corrected chi connectivity index (χ0v) is 14.2. The second kappa shape index (κ2) is 6.83. The second-order valence-corrected chi connectivity index (χ2v) is 6.54. The quantitative estimate of drug-likeness (QED) is 0.600. The molecular weight excluding hydrogens is 330 g/mol. The van der Waals surface area contributed by atoms with Crippen molar-refractivity contribution in [2.45, 2.75) is 6.54 Å². The molecule has 0 radical (unpaired) electrons. The summed E-state index contributed by atoms with van der Waals surface area (Å²) >= 11 is 1.61. The third-order valence-corrected chi connectivity index (χ3v) is 4.83. The lowest BCUT2D eigenvalue weighted by Crippen LogP contribution is -2.23. The minimum absolute atomic E-state index is 0.104. The molecule has 5 heteroatoms. The average Bonchev–Trinajstić information content (AvgIpc) is 3.21. The van der Waals surface area contributed by atoms with Gasteiger partial charge in [-0.15, -0.1) is 11.3 Å². The van der Waals surface area contributed by atoms with Gasteiger partial charge in [0.1, 0.15) is 0 Å². The number of nitrogens with one attached hydrogen (secondary N) is 1. The lowest BCUT2D eigenvalue weighted by atomic mass is 10.1. The highest BCUT2D eigenvalue weighted by atomic mass is 32.1. The molecule has 0 aliphatic heterocycles. The van der Waals surface area contributed by atoms with E-state index in [4.69, 9.17) is 4.98 Å². The molecule has 0 spiro atoms. The normalized spacial score (nSPS) is 10.7. The predicted molar refractivity (Wildman–Crippen MR) is 100 cm³/mol. The zero-order chi connectivity index (χ0) is 17.1. The fourth-order valence-corrected chi connectivity index (χ4v) is 3.38. The van der Waals surface area contributed by atoms with Gasteiger partial charge in [0.2, 0.25) is 0 Å². The fraction of sp³-hybridized carbons (Fsp3) is 0.0500. The Labute approximate surface area is 149 Å². The number of hydrogen-bond acceptors (Lipinski definition) is 4. The first-order valence-corrected chi connectivity index (χ1v) is 8.80. The van der Waals surface area contributed by atoms with Crippen LogP contribution in [0.25, 0.3) is 21.5 Å². The van der Waals surface area contributed by atoms with Crippen molar-refractivity contribution in [2.75, 3.05) is 0 Å². The minimum atomic E-state index is -0.104. The van der Waals surface area contributed by atoms with Crippen molar-refractivity contribution in [3.63, 3.8) is 0 Å². The maximum absolute atomic E-state index is 12.8. The maximum Gasteiger partial charge on any atom is 0.252 e. The predicted octanol–water partition coefficient (Wildman–Crippen LogP) is 4.29. The van der Waals surface area contributed by atoms with Gasteiger partial charge in [-0.25, -0.2) is 4.98 Å². The first-order chi connectivity index (χ1) is 12.3. The van der Waals surface area contributed by atoms with Crippen LogP contribution < -0.4 is 5.32 Å². The number of benzene rings is 1. The molecule has 0 bridgehead atoms. The van der Waals surface area contributed by atoms with E-state index in [0.29, 0.717) is 12.1 Å². The molecule has 3 aromatic heterocycles. The van der Waals surface area contributed by atoms with Crippen LogP contribution in [0.1, 0.15) is 15.9 Å². The SMILES string of the molecule is O=C(NCc1ccncc1)c1cc(-c2cccs2)nc2ccccc12. The Bertz CT molecular complexity index is 1010. The van der Waals surface area contributed by atoms with Crippen molar-refractivity contribution in [1.82, 2.24) is 15.3 Å². The van der Waals surface area contributed by atoms with E-state index in [2.05, 4.69) is 10.3 Å². The van der Waals surface area contributed by atoms with Crippen LogP contribution in [-0.2, 0) is 6.54 Å². The highest BCUT2D eigenvalue weighted by Gasteiger charge is 2.14. The molecule has 25 heavy (non-hydrogen) atoms. The van der Waals surface area contributed by atoms with E-state index in [9.17, 15) is 4.79 Å². The first kappa shape index (κ1) is 15.5. The Kier molecular flexibility index (Phi) is 4.23. The molecule has 1 aromatic carbocycles. The molecule has 4 nitrogen and oxygen atoms in total. The summed E-state index contributed by atoms with van der Waals surface area (Å²) in [6, 6.07) is 17.4. The van der Waals surface area contributed by atoms with Crippen LogP contribution in [0.4, 0.5) is 0 Å². The van der Waals surface area contributed by atoms with E-state index in [1.807, 2.05) is 60.0 Å². The van der Waals surface area contributed by atoms with E-state index in [1.54, 1.807) is 23.7 Å². The van der Waals surface area contributed by atoms with E-state index >= 15 is 0 Å². The van der Waals surface area contributed by atoms with E-state index < -0.39 is 0 Å². The number of pyridine rings is 2. The van der Waals surface area contributed by atoms with Gasteiger partial charge in [-0.2, -0.15) is 0 Å². The Morgan fingerprint density at radius 2 is 1.88 bits per heavy atom. The van der Waals surface area contributed by atoms with Gasteiger partial charge < -0.3 is 5.32 Å². The van der Waals surface area contributed by atoms with Crippen LogP contribution in [0, 0.1) is 0 Å². The smallest absolute Gasteiger partial charge is 0.252 e. The van der Waals surface area contributed by atoms with Gasteiger partial charge in [0, 0.05) is 24.3 Å². The van der Waals surface area contributed by atoms with Crippen molar-refractivity contribution >= 4 is 28.1 Å². The number of aromatic nitrogens is 2. The number of thiophene rings is 1. The number of rotatable bonds is 4. The molecule has 0 unspecified atom stereocenters. The van der Waals surface area contributed by atoms with E-state index in [0.717, 1.165) is 27.0 Å². The summed E-state index contributed by atoms with van der Waals surface area (Å²) in [4.78, 5) is 22.5. The molecule has 0 aliphatic rings. The third-order valence-electron chi connectivity index (χ3n) is 3.94. The molecule has 1 amide bonds. The molecule has 0 saturated carbocycles. The fourth-order valence-electron chi connectivity index (χ4n) is 2.69. The summed E-state index contributed by atoms with van der Waals surface area (Å²) in [6.07, 6.45) is 3.44. The van der Waals surface area contributed by atoms with Gasteiger partial charge >= 0.3 is 0 Å². The van der Waals surface area contributed by atoms with E-state index in [1.165, 1.54) is 0 Å². The molecule has 0 atom stereocenters. The van der Waals surface area contributed by atoms with Crippen molar-refractivity contribution in [3.8, 4) is 10.6 Å². The van der Waals surface area contributed by atoms with Crippen LogP contribution in [0.15, 0.2) is 72.4 Å². The highest BCUT2D eigenvalue weighted by molar-refractivity contribution is 7.13. The average molecular weight is 345 g/mol. The molecule has 4 aromatic rings. The molecular formula is C20H15N3OS. The van der Waals surface area contributed by atoms with Crippen LogP contribution in [0.2, 0.25) is 0 Å². The van der Waals surface area contributed by atoms with Crippen molar-refractivity contribution in [2.24, 2.45) is 0 Å². The van der Waals surface area contributed by atoms with Gasteiger partial charge in [0.05, 0.1) is 21.7 Å². The monoisotopic (exact) mass is 345 g/mol. The lowest BCUT2D eigenvalue weighted by molar-refractivity contribution is 0.0952. The molecule has 0 aliphatic carbocycles. The third kappa shape index (κ3) is 3.27. The van der Waals surface area contributed by atoms with Gasteiger partial charge in [-0.1, -0.05) is 24.3 Å². The van der Waals surface area contributed by atoms with E-state index in [-0.39, 0.29) is 5.91 Å². The standard InChI is InChI=1S/C20H15N3OS/c24-20(22-13-14-7-9-21-10-8-14)16-12-18(19-6-3-11-25-19)23-17-5-2-1-4-15(16)17/h1-12H,13H2,(H,22,24). The summed E-state index contributed by atoms with van der Waals surface area (Å²) in [7, 11) is 0. The largest absolute Gasteiger partial charge is 0.348 e. The zero-order valence-electron chi connectivity index (χ0n) is 13.3. The number of carbonyl (C=O) groups excluding carboxylic acids is 1. The summed E-state index contributed by atoms with van der Waals surface area (Å²) in [5.74, 6) is -0.104. The highest BCUT2D eigenvalue weighted by Crippen LogP contribution is 2.27. The van der Waals surface area contributed by atoms with Crippen LogP contribution in [-0.4, -0.2) is 15.9 Å². The number of nitrogens with zero attached hydrogens (tertiary/aromatic N) is 2. The molecule has 0 fully saturated rings.